The molecule has 0 aliphatic heterocycles. The fourth-order valence-electron chi connectivity index (χ4n) is 1.40. The molecule has 1 unspecified atom stereocenters. The van der Waals surface area contributed by atoms with Gasteiger partial charge in [0.2, 0.25) is 0 Å². The van der Waals surface area contributed by atoms with Gasteiger partial charge in [-0.15, -0.1) is 0 Å². The Kier molecular flexibility index (Phi) is 5.74. The van der Waals surface area contributed by atoms with Crippen LogP contribution in [0.1, 0.15) is 25.1 Å². The van der Waals surface area contributed by atoms with Crippen LogP contribution in [0.15, 0.2) is 24.4 Å². The molecule has 1 aromatic heterocycles. The summed E-state index contributed by atoms with van der Waals surface area (Å²) in [6.07, 6.45) is 0.128. The fraction of sp³-hybridized carbons (Fsp3) is 0.417. The molecule has 0 spiro atoms. The number of nitrogens with zero attached hydrogens (tertiary/aromatic N) is 1. The van der Waals surface area contributed by atoms with Crippen molar-refractivity contribution < 1.29 is 19.8 Å². The summed E-state index contributed by atoms with van der Waals surface area (Å²) < 4.78 is 0. The van der Waals surface area contributed by atoms with Crippen molar-refractivity contribution in [2.45, 2.75) is 25.5 Å². The Bertz CT molecular complexity index is 424. The lowest BCUT2D eigenvalue weighted by Crippen LogP contribution is -2.39. The number of urea groups is 1. The predicted octanol–water partition coefficient (Wildman–Crippen LogP) is 0.277. The van der Waals surface area contributed by atoms with E-state index in [0.29, 0.717) is 0 Å². The quantitative estimate of drug-likeness (QED) is 0.591. The van der Waals surface area contributed by atoms with Crippen molar-refractivity contribution in [2.24, 2.45) is 0 Å². The smallest absolute Gasteiger partial charge is 0.332 e. The Labute approximate surface area is 110 Å². The van der Waals surface area contributed by atoms with Gasteiger partial charge in [0.25, 0.3) is 0 Å². The van der Waals surface area contributed by atoms with Crippen LogP contribution in [0.4, 0.5) is 4.79 Å². The minimum atomic E-state index is -1.46. The zero-order chi connectivity index (χ0) is 14.3. The average molecular weight is 267 g/mol. The van der Waals surface area contributed by atoms with Gasteiger partial charge in [-0.05, 0) is 19.1 Å². The minimum absolute atomic E-state index is 0.0410. The van der Waals surface area contributed by atoms with Gasteiger partial charge in [-0.2, -0.15) is 0 Å². The molecule has 0 aromatic carbocycles. The highest BCUT2D eigenvalue weighted by atomic mass is 16.4. The van der Waals surface area contributed by atoms with Gasteiger partial charge in [0.1, 0.15) is 0 Å². The summed E-state index contributed by atoms with van der Waals surface area (Å²) >= 11 is 0. The van der Waals surface area contributed by atoms with Crippen LogP contribution in [0.3, 0.4) is 0 Å². The van der Waals surface area contributed by atoms with E-state index in [-0.39, 0.29) is 19.0 Å². The first kappa shape index (κ1) is 14.9. The maximum atomic E-state index is 11.5. The molecule has 1 heterocycles. The van der Waals surface area contributed by atoms with Gasteiger partial charge in [0.05, 0.1) is 11.7 Å². The number of nitrogens with one attached hydrogen (secondary N) is 2. The SMILES string of the molecule is CC(NC(=O)NCC[C@H](O)C(=O)O)c1ccccn1. The summed E-state index contributed by atoms with van der Waals surface area (Å²) in [6.45, 7) is 1.86. The van der Waals surface area contributed by atoms with Crippen LogP contribution < -0.4 is 10.6 Å². The second-order valence-corrected chi connectivity index (χ2v) is 4.02. The number of pyridine rings is 1. The van der Waals surface area contributed by atoms with E-state index >= 15 is 0 Å². The van der Waals surface area contributed by atoms with Gasteiger partial charge >= 0.3 is 12.0 Å². The Hall–Kier alpha value is -2.15. The third-order valence-electron chi connectivity index (χ3n) is 2.47. The zero-order valence-corrected chi connectivity index (χ0v) is 10.5. The molecule has 1 aromatic rings. The molecule has 0 aliphatic carbocycles. The number of hydrogen-bond donors (Lipinski definition) is 4. The highest BCUT2D eigenvalue weighted by Gasteiger charge is 2.14. The monoisotopic (exact) mass is 267 g/mol. The largest absolute Gasteiger partial charge is 0.479 e. The van der Waals surface area contributed by atoms with Gasteiger partial charge in [-0.25, -0.2) is 9.59 Å². The molecule has 0 bridgehead atoms. The van der Waals surface area contributed by atoms with Gasteiger partial charge < -0.3 is 20.8 Å². The molecule has 0 saturated carbocycles. The van der Waals surface area contributed by atoms with Crippen LogP contribution in [0.2, 0.25) is 0 Å². The number of hydrogen-bond acceptors (Lipinski definition) is 4. The third kappa shape index (κ3) is 5.35. The van der Waals surface area contributed by atoms with Crippen LogP contribution in [-0.4, -0.2) is 39.8 Å². The number of rotatable bonds is 6. The molecule has 7 nitrogen and oxygen atoms in total. The summed E-state index contributed by atoms with van der Waals surface area (Å²) in [6, 6.07) is 4.70. The molecule has 19 heavy (non-hydrogen) atoms. The van der Waals surface area contributed by atoms with Crippen molar-refractivity contribution >= 4 is 12.0 Å². The van der Waals surface area contributed by atoms with Crippen LogP contribution >= 0.6 is 0 Å². The van der Waals surface area contributed by atoms with Gasteiger partial charge in [-0.3, -0.25) is 4.98 Å². The van der Waals surface area contributed by atoms with Crippen LogP contribution in [-0.2, 0) is 4.79 Å². The van der Waals surface area contributed by atoms with E-state index in [1.807, 2.05) is 6.07 Å². The number of aliphatic hydroxyl groups excluding tert-OH is 1. The predicted molar refractivity (Wildman–Crippen MR) is 67.4 cm³/mol. The van der Waals surface area contributed by atoms with Crippen molar-refractivity contribution in [1.82, 2.24) is 15.6 Å². The molecule has 104 valence electrons. The molecule has 2 atom stereocenters. The Morgan fingerprint density at radius 2 is 2.16 bits per heavy atom. The maximum absolute atomic E-state index is 11.5. The first-order valence-corrected chi connectivity index (χ1v) is 5.87. The first-order valence-electron chi connectivity index (χ1n) is 5.87. The summed E-state index contributed by atoms with van der Waals surface area (Å²) in [5.41, 5.74) is 0.725. The number of carboxylic acid groups (broad SMARTS) is 1. The minimum Gasteiger partial charge on any atom is -0.479 e. The highest BCUT2D eigenvalue weighted by molar-refractivity contribution is 5.74. The maximum Gasteiger partial charge on any atom is 0.332 e. The van der Waals surface area contributed by atoms with E-state index in [2.05, 4.69) is 15.6 Å². The number of aliphatic hydroxyl groups is 1. The molecule has 4 N–H and O–H groups in total. The molecular weight excluding hydrogens is 250 g/mol. The van der Waals surface area contributed by atoms with Crippen molar-refractivity contribution in [3.05, 3.63) is 30.1 Å². The standard InChI is InChI=1S/C12H17N3O4/c1-8(9-4-2-3-6-13-9)15-12(19)14-7-5-10(16)11(17)18/h2-4,6,8,10,16H,5,7H2,1H3,(H,17,18)(H2,14,15,19)/t8?,10-/m0/s1. The van der Waals surface area contributed by atoms with Crippen molar-refractivity contribution in [3.63, 3.8) is 0 Å². The lowest BCUT2D eigenvalue weighted by atomic mass is 10.2. The normalized spacial score (nSPS) is 13.4. The van der Waals surface area contributed by atoms with E-state index in [1.54, 1.807) is 25.3 Å². The van der Waals surface area contributed by atoms with E-state index < -0.39 is 18.1 Å². The molecule has 0 radical (unpaired) electrons. The summed E-state index contributed by atoms with van der Waals surface area (Å²) in [5, 5.41) is 22.6. The van der Waals surface area contributed by atoms with E-state index in [4.69, 9.17) is 10.2 Å². The number of carbonyl (C=O) groups is 2. The van der Waals surface area contributed by atoms with E-state index in [9.17, 15) is 9.59 Å². The lowest BCUT2D eigenvalue weighted by molar-refractivity contribution is -0.146. The van der Waals surface area contributed by atoms with Crippen molar-refractivity contribution in [2.75, 3.05) is 6.54 Å². The Morgan fingerprint density at radius 3 is 2.74 bits per heavy atom. The van der Waals surface area contributed by atoms with Crippen molar-refractivity contribution in [1.29, 1.82) is 0 Å². The topological polar surface area (TPSA) is 112 Å². The number of aromatic nitrogens is 1. The number of carbonyl (C=O) groups excluding carboxylic acids is 1. The highest BCUT2D eigenvalue weighted by Crippen LogP contribution is 2.06. The third-order valence-corrected chi connectivity index (χ3v) is 2.47. The van der Waals surface area contributed by atoms with E-state index in [0.717, 1.165) is 5.69 Å². The molecule has 0 saturated heterocycles. The average Bonchev–Trinajstić information content (AvgIpc) is 2.39. The fourth-order valence-corrected chi connectivity index (χ4v) is 1.40. The Morgan fingerprint density at radius 1 is 1.42 bits per heavy atom. The molecule has 2 amide bonds. The Balaban J connectivity index is 2.30. The molecule has 0 fully saturated rings. The van der Waals surface area contributed by atoms with E-state index in [1.165, 1.54) is 0 Å². The lowest BCUT2D eigenvalue weighted by Gasteiger charge is -2.14. The molecule has 0 aliphatic rings. The number of amides is 2. The van der Waals surface area contributed by atoms with Gasteiger partial charge in [0, 0.05) is 19.2 Å². The zero-order valence-electron chi connectivity index (χ0n) is 10.5. The van der Waals surface area contributed by atoms with Crippen LogP contribution in [0, 0.1) is 0 Å². The molecule has 7 heteroatoms. The number of carboxylic acids is 1. The second-order valence-electron chi connectivity index (χ2n) is 4.02. The summed E-state index contributed by atoms with van der Waals surface area (Å²) in [7, 11) is 0. The van der Waals surface area contributed by atoms with Gasteiger partial charge in [0.15, 0.2) is 6.10 Å². The molecular formula is C12H17N3O4. The summed E-state index contributed by atoms with van der Waals surface area (Å²) in [4.78, 5) is 26.0. The van der Waals surface area contributed by atoms with Crippen molar-refractivity contribution in [3.8, 4) is 0 Å². The summed E-state index contributed by atoms with van der Waals surface area (Å²) in [5.74, 6) is -1.30. The van der Waals surface area contributed by atoms with Crippen LogP contribution in [0.25, 0.3) is 0 Å². The second kappa shape index (κ2) is 7.32. The van der Waals surface area contributed by atoms with Crippen LogP contribution in [0.5, 0.6) is 0 Å². The van der Waals surface area contributed by atoms with Gasteiger partial charge in [-0.1, -0.05) is 6.07 Å². The number of aliphatic carboxylic acids is 1. The molecule has 1 rings (SSSR count). The first-order chi connectivity index (χ1) is 9.00.